The van der Waals surface area contributed by atoms with Crippen molar-refractivity contribution >= 4 is 28.4 Å². The highest BCUT2D eigenvalue weighted by atomic mass is 16.3. The Morgan fingerprint density at radius 3 is 2.66 bits per heavy atom. The lowest BCUT2D eigenvalue weighted by molar-refractivity contribution is -0.123. The second-order valence-electron chi connectivity index (χ2n) is 9.76. The molecule has 0 aliphatic rings. The van der Waals surface area contributed by atoms with Gasteiger partial charge in [-0.3, -0.25) is 14.6 Å². The van der Waals surface area contributed by atoms with Gasteiger partial charge >= 0.3 is 0 Å². The number of oxazole rings is 1. The van der Waals surface area contributed by atoms with Crippen LogP contribution in [0.15, 0.2) is 41.1 Å². The molecule has 2 aromatic heterocycles. The van der Waals surface area contributed by atoms with Crippen molar-refractivity contribution < 1.29 is 14.0 Å². The van der Waals surface area contributed by atoms with Crippen LogP contribution in [0.3, 0.4) is 0 Å². The molecule has 0 fully saturated rings. The standard InChI is InChI=1S/C26H36N6O3/c1-5-8-21(31-23(33)19(28)10-7-12-27)25-32-22(15-35-25)24(34)30-16-13-17-18(26(2,3)4)9-6-11-20(17)29-14-16/h6,9,11,13-15,19,21H,5,7-8,10,12,27-28H2,1-4H3,(H,30,34)(H,31,33)/t19-,21-/m1/s1. The number of benzene rings is 1. The second-order valence-corrected chi connectivity index (χ2v) is 9.76. The molecule has 9 nitrogen and oxygen atoms in total. The summed E-state index contributed by atoms with van der Waals surface area (Å²) in [5.74, 6) is -0.448. The summed E-state index contributed by atoms with van der Waals surface area (Å²) in [6, 6.07) is 6.80. The molecule has 2 heterocycles. The summed E-state index contributed by atoms with van der Waals surface area (Å²) in [6.45, 7) is 8.88. The third-order valence-electron chi connectivity index (χ3n) is 5.79. The molecule has 6 N–H and O–H groups in total. The molecule has 2 amide bonds. The molecule has 0 saturated heterocycles. The van der Waals surface area contributed by atoms with Gasteiger partial charge in [-0.1, -0.05) is 46.2 Å². The smallest absolute Gasteiger partial charge is 0.277 e. The molecule has 3 rings (SSSR count). The van der Waals surface area contributed by atoms with E-state index < -0.39 is 18.0 Å². The maximum Gasteiger partial charge on any atom is 0.277 e. The Morgan fingerprint density at radius 2 is 1.97 bits per heavy atom. The normalized spacial score (nSPS) is 13.4. The van der Waals surface area contributed by atoms with Crippen molar-refractivity contribution in [1.82, 2.24) is 15.3 Å². The van der Waals surface area contributed by atoms with E-state index in [1.54, 1.807) is 6.20 Å². The highest BCUT2D eigenvalue weighted by Crippen LogP contribution is 2.30. The van der Waals surface area contributed by atoms with E-state index in [0.717, 1.165) is 22.9 Å². The van der Waals surface area contributed by atoms with Gasteiger partial charge < -0.3 is 26.5 Å². The van der Waals surface area contributed by atoms with Crippen LogP contribution in [-0.2, 0) is 10.2 Å². The third kappa shape index (κ3) is 6.64. The average molecular weight is 481 g/mol. The Kier molecular flexibility index (Phi) is 8.58. The van der Waals surface area contributed by atoms with Gasteiger partial charge in [-0.05, 0) is 48.9 Å². The van der Waals surface area contributed by atoms with E-state index in [0.29, 0.717) is 31.5 Å². The van der Waals surface area contributed by atoms with Crippen molar-refractivity contribution in [2.24, 2.45) is 11.5 Å². The molecule has 3 aromatic rings. The Balaban J connectivity index is 1.75. The summed E-state index contributed by atoms with van der Waals surface area (Å²) in [6.07, 6.45) is 5.46. The first-order chi connectivity index (χ1) is 16.6. The number of nitrogens with zero attached hydrogens (tertiary/aromatic N) is 2. The molecule has 0 aliphatic heterocycles. The fourth-order valence-electron chi connectivity index (χ4n) is 3.91. The average Bonchev–Trinajstić information content (AvgIpc) is 3.31. The van der Waals surface area contributed by atoms with E-state index in [4.69, 9.17) is 15.9 Å². The van der Waals surface area contributed by atoms with Crippen LogP contribution in [0.25, 0.3) is 10.9 Å². The van der Waals surface area contributed by atoms with Gasteiger partial charge in [0, 0.05) is 5.39 Å². The summed E-state index contributed by atoms with van der Waals surface area (Å²) in [7, 11) is 0. The van der Waals surface area contributed by atoms with Crippen molar-refractivity contribution in [1.29, 1.82) is 0 Å². The Labute approximate surface area is 206 Å². The monoisotopic (exact) mass is 480 g/mol. The Morgan fingerprint density at radius 1 is 1.20 bits per heavy atom. The van der Waals surface area contributed by atoms with Crippen LogP contribution in [-0.4, -0.2) is 34.4 Å². The van der Waals surface area contributed by atoms with Crippen LogP contribution in [0.2, 0.25) is 0 Å². The van der Waals surface area contributed by atoms with E-state index in [1.807, 2.05) is 25.1 Å². The van der Waals surface area contributed by atoms with Gasteiger partial charge in [0.25, 0.3) is 5.91 Å². The number of hydrogen-bond acceptors (Lipinski definition) is 7. The van der Waals surface area contributed by atoms with Crippen LogP contribution in [0.5, 0.6) is 0 Å². The molecular weight excluding hydrogens is 444 g/mol. The lowest BCUT2D eigenvalue weighted by Gasteiger charge is -2.21. The summed E-state index contributed by atoms with van der Waals surface area (Å²) < 4.78 is 5.57. The summed E-state index contributed by atoms with van der Waals surface area (Å²) >= 11 is 0. The third-order valence-corrected chi connectivity index (χ3v) is 5.79. The number of rotatable bonds is 10. The molecule has 2 atom stereocenters. The van der Waals surface area contributed by atoms with Gasteiger partial charge in [-0.2, -0.15) is 0 Å². The maximum atomic E-state index is 12.9. The molecule has 0 aliphatic carbocycles. The van der Waals surface area contributed by atoms with Crippen LogP contribution >= 0.6 is 0 Å². The minimum Gasteiger partial charge on any atom is -0.446 e. The number of aromatic nitrogens is 2. The van der Waals surface area contributed by atoms with E-state index >= 15 is 0 Å². The van der Waals surface area contributed by atoms with Crippen molar-refractivity contribution in [3.8, 4) is 0 Å². The Bertz CT molecular complexity index is 1170. The van der Waals surface area contributed by atoms with Crippen molar-refractivity contribution in [2.45, 2.75) is 70.9 Å². The second kappa shape index (κ2) is 11.4. The number of pyridine rings is 1. The molecule has 0 unspecified atom stereocenters. The number of nitrogens with one attached hydrogen (secondary N) is 2. The van der Waals surface area contributed by atoms with Crippen LogP contribution in [0, 0.1) is 0 Å². The molecule has 1 aromatic carbocycles. The van der Waals surface area contributed by atoms with Gasteiger partial charge in [0.1, 0.15) is 12.3 Å². The molecule has 9 heteroatoms. The molecule has 35 heavy (non-hydrogen) atoms. The number of carbonyl (C=O) groups is 2. The quantitative estimate of drug-likeness (QED) is 0.345. The van der Waals surface area contributed by atoms with Crippen molar-refractivity contribution in [3.05, 3.63) is 53.9 Å². The molecule has 0 spiro atoms. The molecule has 0 saturated carbocycles. The van der Waals surface area contributed by atoms with E-state index in [-0.39, 0.29) is 22.9 Å². The highest BCUT2D eigenvalue weighted by Gasteiger charge is 2.24. The number of anilines is 1. The summed E-state index contributed by atoms with van der Waals surface area (Å²) in [5.41, 5.74) is 14.1. The predicted molar refractivity (Wildman–Crippen MR) is 137 cm³/mol. The maximum absolute atomic E-state index is 12.9. The Hall–Kier alpha value is -3.30. The van der Waals surface area contributed by atoms with Crippen LogP contribution in [0.1, 0.15) is 81.4 Å². The first kappa shape index (κ1) is 26.3. The largest absolute Gasteiger partial charge is 0.446 e. The van der Waals surface area contributed by atoms with Gasteiger partial charge in [0.2, 0.25) is 11.8 Å². The molecule has 0 radical (unpaired) electrons. The van der Waals surface area contributed by atoms with Gasteiger partial charge in [0.05, 0.1) is 23.4 Å². The number of carbonyl (C=O) groups excluding carboxylic acids is 2. The van der Waals surface area contributed by atoms with Crippen molar-refractivity contribution in [3.63, 3.8) is 0 Å². The van der Waals surface area contributed by atoms with Crippen LogP contribution in [0.4, 0.5) is 5.69 Å². The predicted octanol–water partition coefficient (Wildman–Crippen LogP) is 3.80. The SMILES string of the molecule is CCC[C@@H](NC(=O)[C@H](N)CCCN)c1nc(C(=O)Nc2cnc3cccc(C(C)(C)C)c3c2)co1. The van der Waals surface area contributed by atoms with Gasteiger partial charge in [-0.25, -0.2) is 4.98 Å². The van der Waals surface area contributed by atoms with Crippen LogP contribution < -0.4 is 22.1 Å². The van der Waals surface area contributed by atoms with E-state index in [9.17, 15) is 9.59 Å². The first-order valence-electron chi connectivity index (χ1n) is 12.1. The number of nitrogens with two attached hydrogens (primary N) is 2. The lowest BCUT2D eigenvalue weighted by Crippen LogP contribution is -2.42. The zero-order valence-electron chi connectivity index (χ0n) is 20.9. The zero-order valence-corrected chi connectivity index (χ0v) is 20.9. The van der Waals surface area contributed by atoms with E-state index in [1.165, 1.54) is 6.26 Å². The van der Waals surface area contributed by atoms with Gasteiger partial charge in [0.15, 0.2) is 5.69 Å². The number of fused-ring (bicyclic) bond motifs is 1. The minimum atomic E-state index is -0.658. The molecular formula is C26H36N6O3. The molecule has 0 bridgehead atoms. The van der Waals surface area contributed by atoms with Gasteiger partial charge in [-0.15, -0.1) is 0 Å². The number of hydrogen-bond donors (Lipinski definition) is 4. The minimum absolute atomic E-state index is 0.0730. The molecule has 188 valence electrons. The fraction of sp³-hybridized carbons (Fsp3) is 0.462. The number of amides is 2. The van der Waals surface area contributed by atoms with Crippen molar-refractivity contribution in [2.75, 3.05) is 11.9 Å². The first-order valence-corrected chi connectivity index (χ1v) is 12.1. The summed E-state index contributed by atoms with van der Waals surface area (Å²) in [5, 5.41) is 6.72. The zero-order chi connectivity index (χ0) is 25.6. The topological polar surface area (TPSA) is 149 Å². The summed E-state index contributed by atoms with van der Waals surface area (Å²) in [4.78, 5) is 34.2. The van der Waals surface area contributed by atoms with E-state index in [2.05, 4.69) is 47.4 Å². The highest BCUT2D eigenvalue weighted by molar-refractivity contribution is 6.03. The fourth-order valence-corrected chi connectivity index (χ4v) is 3.91. The lowest BCUT2D eigenvalue weighted by atomic mass is 9.84.